The molecule has 1 unspecified atom stereocenters. The molecule has 0 aromatic heterocycles. The number of benzene rings is 2. The van der Waals surface area contributed by atoms with Gasteiger partial charge in [-0.2, -0.15) is 0 Å². The predicted molar refractivity (Wildman–Crippen MR) is 89.0 cm³/mol. The predicted octanol–water partition coefficient (Wildman–Crippen LogP) is 1.71. The Labute approximate surface area is 134 Å². The van der Waals surface area contributed by atoms with E-state index in [4.69, 9.17) is 9.84 Å². The Morgan fingerprint density at radius 2 is 1.91 bits per heavy atom. The summed E-state index contributed by atoms with van der Waals surface area (Å²) >= 11 is 0. The molecule has 0 bridgehead atoms. The molecule has 0 saturated carbocycles. The minimum absolute atomic E-state index is 0.223. The van der Waals surface area contributed by atoms with Crippen molar-refractivity contribution in [2.45, 2.75) is 6.10 Å². The zero-order chi connectivity index (χ0) is 16.7. The molecule has 0 saturated heterocycles. The number of carbonyl (C=O) groups is 1. The first kappa shape index (κ1) is 16.8. The first-order valence-corrected chi connectivity index (χ1v) is 7.21. The maximum atomic E-state index is 12.3. The summed E-state index contributed by atoms with van der Waals surface area (Å²) in [7, 11) is 1.52. The number of amides is 1. The van der Waals surface area contributed by atoms with E-state index in [1.54, 1.807) is 42.5 Å². The highest BCUT2D eigenvalue weighted by atomic mass is 16.5. The van der Waals surface area contributed by atoms with Gasteiger partial charge in [-0.3, -0.25) is 4.79 Å². The maximum absolute atomic E-state index is 12.3. The third-order valence-corrected chi connectivity index (χ3v) is 3.22. The van der Waals surface area contributed by atoms with Crippen molar-refractivity contribution in [1.82, 2.24) is 0 Å². The van der Waals surface area contributed by atoms with E-state index in [1.807, 2.05) is 6.07 Å². The van der Waals surface area contributed by atoms with Crippen LogP contribution < -0.4 is 15.4 Å². The molecule has 0 radical (unpaired) electrons. The van der Waals surface area contributed by atoms with Gasteiger partial charge in [0, 0.05) is 17.9 Å². The van der Waals surface area contributed by atoms with E-state index in [9.17, 15) is 9.90 Å². The van der Waals surface area contributed by atoms with Crippen LogP contribution in [0.3, 0.4) is 0 Å². The monoisotopic (exact) mass is 316 g/mol. The number of aliphatic hydroxyl groups is 2. The number of hydrogen-bond acceptors (Lipinski definition) is 5. The van der Waals surface area contributed by atoms with Gasteiger partial charge in [-0.05, 0) is 30.3 Å². The van der Waals surface area contributed by atoms with Crippen LogP contribution in [-0.4, -0.2) is 42.5 Å². The van der Waals surface area contributed by atoms with Gasteiger partial charge in [0.2, 0.25) is 0 Å². The summed E-state index contributed by atoms with van der Waals surface area (Å²) in [5.74, 6) is 0.236. The van der Waals surface area contributed by atoms with Gasteiger partial charge in [0.1, 0.15) is 5.75 Å². The fourth-order valence-corrected chi connectivity index (χ4v) is 2.04. The van der Waals surface area contributed by atoms with Crippen molar-refractivity contribution in [3.8, 4) is 5.75 Å². The Bertz CT molecular complexity index is 661. The van der Waals surface area contributed by atoms with Crippen molar-refractivity contribution < 1.29 is 19.7 Å². The number of anilines is 2. The zero-order valence-electron chi connectivity index (χ0n) is 12.8. The highest BCUT2D eigenvalue weighted by Crippen LogP contribution is 2.20. The van der Waals surface area contributed by atoms with Crippen molar-refractivity contribution in [1.29, 1.82) is 0 Å². The van der Waals surface area contributed by atoms with Crippen molar-refractivity contribution >= 4 is 17.3 Å². The summed E-state index contributed by atoms with van der Waals surface area (Å²) in [6, 6.07) is 14.1. The highest BCUT2D eigenvalue weighted by Gasteiger charge is 2.11. The van der Waals surface area contributed by atoms with Gasteiger partial charge in [0.15, 0.2) is 0 Å². The third-order valence-electron chi connectivity index (χ3n) is 3.22. The Kier molecular flexibility index (Phi) is 5.96. The van der Waals surface area contributed by atoms with E-state index in [1.165, 1.54) is 7.11 Å². The summed E-state index contributed by atoms with van der Waals surface area (Å²) in [4.78, 5) is 12.3. The second-order valence-corrected chi connectivity index (χ2v) is 4.95. The Morgan fingerprint density at radius 1 is 1.17 bits per heavy atom. The van der Waals surface area contributed by atoms with Gasteiger partial charge in [-0.1, -0.05) is 18.2 Å². The van der Waals surface area contributed by atoms with Crippen LogP contribution >= 0.6 is 0 Å². The minimum Gasteiger partial charge on any atom is -0.496 e. The standard InChI is InChI=1S/C17H20N2O4/c1-23-16-8-3-2-7-15(16)17(22)19-13-6-4-5-12(9-13)18-10-14(21)11-20/h2-9,14,18,20-21H,10-11H2,1H3,(H,19,22). The molecule has 0 spiro atoms. The lowest BCUT2D eigenvalue weighted by Gasteiger charge is -2.12. The molecule has 1 atom stereocenters. The van der Waals surface area contributed by atoms with Gasteiger partial charge in [-0.25, -0.2) is 0 Å². The largest absolute Gasteiger partial charge is 0.496 e. The van der Waals surface area contributed by atoms with E-state index in [2.05, 4.69) is 10.6 Å². The number of methoxy groups -OCH3 is 1. The SMILES string of the molecule is COc1ccccc1C(=O)Nc1cccc(NCC(O)CO)c1. The average Bonchev–Trinajstić information content (AvgIpc) is 2.59. The fourth-order valence-electron chi connectivity index (χ4n) is 2.04. The molecule has 23 heavy (non-hydrogen) atoms. The number of aliphatic hydroxyl groups excluding tert-OH is 2. The van der Waals surface area contributed by atoms with E-state index in [-0.39, 0.29) is 19.1 Å². The van der Waals surface area contributed by atoms with Crippen LogP contribution in [0.2, 0.25) is 0 Å². The molecule has 0 fully saturated rings. The summed E-state index contributed by atoms with van der Waals surface area (Å²) in [6.07, 6.45) is -0.832. The molecule has 0 heterocycles. The first-order chi connectivity index (χ1) is 11.1. The molecule has 4 N–H and O–H groups in total. The van der Waals surface area contributed by atoms with Crippen LogP contribution in [0.15, 0.2) is 48.5 Å². The average molecular weight is 316 g/mol. The molecule has 1 amide bonds. The first-order valence-electron chi connectivity index (χ1n) is 7.21. The Hall–Kier alpha value is -2.57. The second kappa shape index (κ2) is 8.17. The quantitative estimate of drug-likeness (QED) is 0.624. The van der Waals surface area contributed by atoms with E-state index in [0.717, 1.165) is 5.69 Å². The molecule has 2 rings (SSSR count). The minimum atomic E-state index is -0.832. The van der Waals surface area contributed by atoms with Gasteiger partial charge in [0.25, 0.3) is 5.91 Å². The number of para-hydroxylation sites is 1. The fraction of sp³-hybridized carbons (Fsp3) is 0.235. The molecule has 0 aliphatic carbocycles. The molecule has 122 valence electrons. The van der Waals surface area contributed by atoms with E-state index in [0.29, 0.717) is 17.0 Å². The molecule has 6 nitrogen and oxygen atoms in total. The van der Waals surface area contributed by atoms with Crippen LogP contribution in [0.5, 0.6) is 5.75 Å². The van der Waals surface area contributed by atoms with Gasteiger partial charge in [-0.15, -0.1) is 0 Å². The summed E-state index contributed by atoms with van der Waals surface area (Å²) in [5.41, 5.74) is 1.80. The van der Waals surface area contributed by atoms with Crippen LogP contribution in [0, 0.1) is 0 Å². The van der Waals surface area contributed by atoms with E-state index >= 15 is 0 Å². The lowest BCUT2D eigenvalue weighted by atomic mass is 10.2. The maximum Gasteiger partial charge on any atom is 0.259 e. The molecule has 2 aromatic rings. The molecule has 0 aliphatic heterocycles. The van der Waals surface area contributed by atoms with Crippen LogP contribution in [0.4, 0.5) is 11.4 Å². The molecular weight excluding hydrogens is 296 g/mol. The lowest BCUT2D eigenvalue weighted by molar-refractivity contribution is 0.102. The second-order valence-electron chi connectivity index (χ2n) is 4.95. The van der Waals surface area contributed by atoms with Gasteiger partial charge >= 0.3 is 0 Å². The number of ether oxygens (including phenoxy) is 1. The van der Waals surface area contributed by atoms with Gasteiger partial charge in [0.05, 0.1) is 25.4 Å². The summed E-state index contributed by atoms with van der Waals surface area (Å²) in [5, 5.41) is 23.9. The zero-order valence-corrected chi connectivity index (χ0v) is 12.8. The van der Waals surface area contributed by atoms with E-state index < -0.39 is 6.10 Å². The van der Waals surface area contributed by atoms with Gasteiger partial charge < -0.3 is 25.6 Å². The highest BCUT2D eigenvalue weighted by molar-refractivity contribution is 6.06. The van der Waals surface area contributed by atoms with Crippen molar-refractivity contribution in [2.75, 3.05) is 30.9 Å². The van der Waals surface area contributed by atoms with Crippen LogP contribution in [0.1, 0.15) is 10.4 Å². The summed E-state index contributed by atoms with van der Waals surface area (Å²) < 4.78 is 5.18. The number of rotatable bonds is 7. The van der Waals surface area contributed by atoms with Crippen LogP contribution in [-0.2, 0) is 0 Å². The number of carbonyl (C=O) groups excluding carboxylic acids is 1. The van der Waals surface area contributed by atoms with Crippen LogP contribution in [0.25, 0.3) is 0 Å². The molecule has 2 aromatic carbocycles. The lowest BCUT2D eigenvalue weighted by Crippen LogP contribution is -2.23. The third kappa shape index (κ3) is 4.70. The number of nitrogens with one attached hydrogen (secondary N) is 2. The normalized spacial score (nSPS) is 11.6. The van der Waals surface area contributed by atoms with Crippen molar-refractivity contribution in [3.05, 3.63) is 54.1 Å². The van der Waals surface area contributed by atoms with Crippen molar-refractivity contribution in [2.24, 2.45) is 0 Å². The molecule has 0 aliphatic rings. The summed E-state index contributed by atoms with van der Waals surface area (Å²) in [6.45, 7) is -0.0857. The topological polar surface area (TPSA) is 90.8 Å². The van der Waals surface area contributed by atoms with Crippen molar-refractivity contribution in [3.63, 3.8) is 0 Å². The number of hydrogen-bond donors (Lipinski definition) is 4. The molecule has 6 heteroatoms. The Balaban J connectivity index is 2.06. The smallest absolute Gasteiger partial charge is 0.259 e. The molecular formula is C17H20N2O4. The Morgan fingerprint density at radius 3 is 2.65 bits per heavy atom.